The second-order valence-electron chi connectivity index (χ2n) is 9.47. The topological polar surface area (TPSA) is 46.9 Å². The number of pyridine rings is 1. The van der Waals surface area contributed by atoms with E-state index in [0.29, 0.717) is 0 Å². The van der Waals surface area contributed by atoms with Crippen LogP contribution in [0, 0.1) is 0 Å². The Bertz CT molecular complexity index is 1290. The lowest BCUT2D eigenvalue weighted by Crippen LogP contribution is -3.13. The number of aromatic nitrogens is 1. The predicted octanol–water partition coefficient (Wildman–Crippen LogP) is 4.23. The summed E-state index contributed by atoms with van der Waals surface area (Å²) in [5.74, 6) is 0.917. The Kier molecular flexibility index (Phi) is 6.77. The van der Waals surface area contributed by atoms with Crippen molar-refractivity contribution in [1.29, 1.82) is 0 Å². The van der Waals surface area contributed by atoms with Gasteiger partial charge >= 0.3 is 0 Å². The second-order valence-corrected chi connectivity index (χ2v) is 9.47. The lowest BCUT2D eigenvalue weighted by atomic mass is 10.0. The van der Waals surface area contributed by atoms with Crippen LogP contribution in [0.1, 0.15) is 29.8 Å². The van der Waals surface area contributed by atoms with Crippen LogP contribution in [0.5, 0.6) is 5.75 Å². The highest BCUT2D eigenvalue weighted by atomic mass is 16.5. The molecule has 0 spiro atoms. The van der Waals surface area contributed by atoms with E-state index in [0.717, 1.165) is 66.2 Å². The molecule has 1 aromatic heterocycles. The van der Waals surface area contributed by atoms with Crippen molar-refractivity contribution >= 4 is 16.8 Å². The first-order valence-electron chi connectivity index (χ1n) is 12.4. The van der Waals surface area contributed by atoms with E-state index in [9.17, 15) is 4.79 Å². The number of ether oxygens (including phenoxy) is 1. The van der Waals surface area contributed by atoms with E-state index in [1.54, 1.807) is 0 Å². The summed E-state index contributed by atoms with van der Waals surface area (Å²) in [4.78, 5) is 22.1. The maximum absolute atomic E-state index is 13.7. The molecule has 2 heterocycles. The number of rotatable bonds is 6. The molecule has 5 nitrogen and oxygen atoms in total. The molecule has 3 aromatic carbocycles. The molecule has 0 bridgehead atoms. The van der Waals surface area contributed by atoms with Gasteiger partial charge < -0.3 is 14.5 Å². The molecule has 0 saturated carbocycles. The standard InChI is InChI=1S/C30H31N3O2/c1-22(2)35-25-14-12-24(13-15-25)29-20-27(26-10-6-7-11-28(26)31-29)30(34)33-18-16-32(17-19-33)21-23-8-4-3-5-9-23/h3-15,20,22H,16-19,21H2,1-2H3/p+1. The third kappa shape index (κ3) is 5.36. The van der Waals surface area contributed by atoms with Crippen molar-refractivity contribution in [2.45, 2.75) is 26.5 Å². The summed E-state index contributed by atoms with van der Waals surface area (Å²) >= 11 is 0. The van der Waals surface area contributed by atoms with Crippen LogP contribution in [0.3, 0.4) is 0 Å². The fourth-order valence-electron chi connectivity index (χ4n) is 4.73. The smallest absolute Gasteiger partial charge is 0.255 e. The van der Waals surface area contributed by atoms with Crippen molar-refractivity contribution in [2.75, 3.05) is 26.2 Å². The molecule has 0 aliphatic carbocycles. The SMILES string of the molecule is CC(C)Oc1ccc(-c2cc(C(=O)N3CC[NH+](Cc4ccccc4)CC3)c3ccccc3n2)cc1. The minimum atomic E-state index is 0.0865. The average molecular weight is 467 g/mol. The maximum Gasteiger partial charge on any atom is 0.255 e. The van der Waals surface area contributed by atoms with Crippen molar-refractivity contribution in [3.8, 4) is 17.0 Å². The van der Waals surface area contributed by atoms with Crippen molar-refractivity contribution in [1.82, 2.24) is 9.88 Å². The van der Waals surface area contributed by atoms with Crippen LogP contribution in [-0.2, 0) is 6.54 Å². The van der Waals surface area contributed by atoms with E-state index in [-0.39, 0.29) is 12.0 Å². The van der Waals surface area contributed by atoms with E-state index >= 15 is 0 Å². The number of quaternary nitrogens is 1. The number of fused-ring (bicyclic) bond motifs is 1. The molecule has 1 amide bonds. The largest absolute Gasteiger partial charge is 0.491 e. The molecule has 1 saturated heterocycles. The average Bonchev–Trinajstić information content (AvgIpc) is 2.89. The van der Waals surface area contributed by atoms with Gasteiger partial charge in [-0.1, -0.05) is 48.5 Å². The first kappa shape index (κ1) is 23.1. The number of piperazine rings is 1. The normalized spacial score (nSPS) is 14.4. The number of nitrogens with one attached hydrogen (secondary N) is 1. The maximum atomic E-state index is 13.7. The van der Waals surface area contributed by atoms with E-state index in [2.05, 4.69) is 30.3 Å². The highest BCUT2D eigenvalue weighted by molar-refractivity contribution is 6.07. The summed E-state index contributed by atoms with van der Waals surface area (Å²) < 4.78 is 5.78. The summed E-state index contributed by atoms with van der Waals surface area (Å²) in [6.07, 6.45) is 0.124. The zero-order valence-electron chi connectivity index (χ0n) is 20.4. The van der Waals surface area contributed by atoms with Crippen LogP contribution in [0.4, 0.5) is 0 Å². The lowest BCUT2D eigenvalue weighted by molar-refractivity contribution is -0.917. The summed E-state index contributed by atoms with van der Waals surface area (Å²) in [7, 11) is 0. The van der Waals surface area contributed by atoms with Gasteiger partial charge in [-0.15, -0.1) is 0 Å². The number of hydrogen-bond acceptors (Lipinski definition) is 3. The van der Waals surface area contributed by atoms with Gasteiger partial charge in [-0.2, -0.15) is 0 Å². The van der Waals surface area contributed by atoms with Crippen molar-refractivity contribution in [2.24, 2.45) is 0 Å². The van der Waals surface area contributed by atoms with Crippen LogP contribution in [-0.4, -0.2) is 48.1 Å². The van der Waals surface area contributed by atoms with E-state index in [1.807, 2.05) is 73.3 Å². The third-order valence-electron chi connectivity index (χ3n) is 6.52. The zero-order valence-corrected chi connectivity index (χ0v) is 20.4. The molecular weight excluding hydrogens is 434 g/mol. The van der Waals surface area contributed by atoms with E-state index in [1.165, 1.54) is 10.5 Å². The monoisotopic (exact) mass is 466 g/mol. The number of carbonyl (C=O) groups is 1. The minimum Gasteiger partial charge on any atom is -0.491 e. The Morgan fingerprint density at radius 2 is 1.63 bits per heavy atom. The Labute approximate surface area is 207 Å². The fraction of sp³-hybridized carbons (Fsp3) is 0.267. The van der Waals surface area contributed by atoms with E-state index in [4.69, 9.17) is 9.72 Å². The molecular formula is C30H32N3O2+. The minimum absolute atomic E-state index is 0.0865. The van der Waals surface area contributed by atoms with Gasteiger partial charge in [-0.3, -0.25) is 4.79 Å². The Balaban J connectivity index is 1.37. The van der Waals surface area contributed by atoms with Crippen molar-refractivity contribution in [3.05, 3.63) is 96.1 Å². The second kappa shape index (κ2) is 10.3. The Morgan fingerprint density at radius 3 is 2.34 bits per heavy atom. The summed E-state index contributed by atoms with van der Waals surface area (Å²) in [5, 5.41) is 0.903. The number of amides is 1. The molecule has 0 radical (unpaired) electrons. The third-order valence-corrected chi connectivity index (χ3v) is 6.52. The van der Waals surface area contributed by atoms with Gasteiger partial charge in [-0.25, -0.2) is 4.98 Å². The van der Waals surface area contributed by atoms with Gasteiger partial charge in [0.05, 0.1) is 49.1 Å². The van der Waals surface area contributed by atoms with E-state index < -0.39 is 0 Å². The highest BCUT2D eigenvalue weighted by Gasteiger charge is 2.26. The van der Waals surface area contributed by atoms with Gasteiger partial charge in [0.15, 0.2) is 0 Å². The van der Waals surface area contributed by atoms with Crippen LogP contribution < -0.4 is 9.64 Å². The summed E-state index contributed by atoms with van der Waals surface area (Å²) in [6, 6.07) is 28.4. The molecule has 1 fully saturated rings. The van der Waals surface area contributed by atoms with Crippen LogP contribution >= 0.6 is 0 Å². The number of hydrogen-bond donors (Lipinski definition) is 1. The Morgan fingerprint density at radius 1 is 0.943 bits per heavy atom. The van der Waals surface area contributed by atoms with Gasteiger partial charge in [0, 0.05) is 16.5 Å². The highest BCUT2D eigenvalue weighted by Crippen LogP contribution is 2.27. The molecule has 178 valence electrons. The number of benzene rings is 3. The molecule has 1 aliphatic rings. The summed E-state index contributed by atoms with van der Waals surface area (Å²) in [5.41, 5.74) is 4.68. The molecule has 0 atom stereocenters. The van der Waals surface area contributed by atoms with Gasteiger partial charge in [0.1, 0.15) is 12.3 Å². The molecule has 5 rings (SSSR count). The van der Waals surface area contributed by atoms with Gasteiger partial charge in [0.25, 0.3) is 5.91 Å². The summed E-state index contributed by atoms with van der Waals surface area (Å²) in [6.45, 7) is 8.45. The molecule has 0 unspecified atom stereocenters. The lowest BCUT2D eigenvalue weighted by Gasteiger charge is -2.32. The first-order valence-corrected chi connectivity index (χ1v) is 12.4. The first-order chi connectivity index (χ1) is 17.1. The molecule has 1 aliphatic heterocycles. The van der Waals surface area contributed by atoms with Crippen LogP contribution in [0.15, 0.2) is 84.9 Å². The van der Waals surface area contributed by atoms with Crippen LogP contribution in [0.2, 0.25) is 0 Å². The molecule has 1 N–H and O–H groups in total. The quantitative estimate of drug-likeness (QED) is 0.463. The van der Waals surface area contributed by atoms with Crippen molar-refractivity contribution < 1.29 is 14.4 Å². The fourth-order valence-corrected chi connectivity index (χ4v) is 4.73. The number of nitrogens with zero attached hydrogens (tertiary/aromatic N) is 2. The molecule has 4 aromatic rings. The number of carbonyl (C=O) groups excluding carboxylic acids is 1. The van der Waals surface area contributed by atoms with Gasteiger partial charge in [0.2, 0.25) is 0 Å². The van der Waals surface area contributed by atoms with Crippen molar-refractivity contribution in [3.63, 3.8) is 0 Å². The number of para-hydroxylation sites is 1. The van der Waals surface area contributed by atoms with Gasteiger partial charge in [-0.05, 0) is 50.2 Å². The molecule has 35 heavy (non-hydrogen) atoms. The van der Waals surface area contributed by atoms with Crippen LogP contribution in [0.25, 0.3) is 22.2 Å². The predicted molar refractivity (Wildman–Crippen MR) is 140 cm³/mol. The molecule has 5 heteroatoms. The zero-order chi connectivity index (χ0) is 24.2. The Hall–Kier alpha value is -3.70.